The zero-order chi connectivity index (χ0) is 13.0. The van der Waals surface area contributed by atoms with Gasteiger partial charge in [-0.2, -0.15) is 0 Å². The lowest BCUT2D eigenvalue weighted by Gasteiger charge is -2.25. The molecule has 1 heterocycles. The Kier molecular flexibility index (Phi) is 6.32. The van der Waals surface area contributed by atoms with Gasteiger partial charge in [-0.05, 0) is 50.9 Å². The molecule has 1 amide bonds. The predicted molar refractivity (Wildman–Crippen MR) is 82.0 cm³/mol. The summed E-state index contributed by atoms with van der Waals surface area (Å²) in [6, 6.07) is 8.11. The van der Waals surface area contributed by atoms with Crippen LogP contribution in [0.25, 0.3) is 0 Å². The van der Waals surface area contributed by atoms with Crippen LogP contribution in [0, 0.1) is 12.8 Å². The Labute approximate surface area is 121 Å². The molecular weight excluding hydrogens is 260 g/mol. The number of nitrogens with one attached hydrogen (secondary N) is 1. The van der Waals surface area contributed by atoms with Gasteiger partial charge in [0.1, 0.15) is 0 Å². The number of rotatable bonds is 3. The standard InChI is InChI=1S/C15H22N2O.ClH/c1-12-3-5-14(6-4-12)17(2)15(18)11-13-7-9-16-10-8-13;/h3-6,13,16H,7-11H2,1-2H3;1H. The van der Waals surface area contributed by atoms with Gasteiger partial charge in [-0.1, -0.05) is 17.7 Å². The number of anilines is 1. The summed E-state index contributed by atoms with van der Waals surface area (Å²) in [5.41, 5.74) is 2.21. The minimum atomic E-state index is 0. The number of piperidine rings is 1. The fourth-order valence-electron chi connectivity index (χ4n) is 2.38. The summed E-state index contributed by atoms with van der Waals surface area (Å²) < 4.78 is 0. The molecule has 3 nitrogen and oxygen atoms in total. The van der Waals surface area contributed by atoms with E-state index < -0.39 is 0 Å². The molecule has 1 aliphatic heterocycles. The highest BCUT2D eigenvalue weighted by molar-refractivity contribution is 5.92. The van der Waals surface area contributed by atoms with Gasteiger partial charge >= 0.3 is 0 Å². The fraction of sp³-hybridized carbons (Fsp3) is 0.533. The molecule has 0 radical (unpaired) electrons. The first-order chi connectivity index (χ1) is 8.66. The van der Waals surface area contributed by atoms with Crippen molar-refractivity contribution < 1.29 is 4.79 Å². The molecule has 1 N–H and O–H groups in total. The zero-order valence-corrected chi connectivity index (χ0v) is 12.5. The third-order valence-corrected chi connectivity index (χ3v) is 3.72. The molecule has 0 atom stereocenters. The molecule has 0 aromatic heterocycles. The Morgan fingerprint density at radius 1 is 1.26 bits per heavy atom. The largest absolute Gasteiger partial charge is 0.317 e. The molecule has 4 heteroatoms. The predicted octanol–water partition coefficient (Wildman–Crippen LogP) is 2.77. The molecule has 2 rings (SSSR count). The topological polar surface area (TPSA) is 32.3 Å². The lowest BCUT2D eigenvalue weighted by Crippen LogP contribution is -2.33. The van der Waals surface area contributed by atoms with E-state index in [4.69, 9.17) is 0 Å². The molecular formula is C15H23ClN2O. The van der Waals surface area contributed by atoms with Crippen LogP contribution in [-0.4, -0.2) is 26.0 Å². The number of nitrogens with zero attached hydrogens (tertiary/aromatic N) is 1. The molecule has 1 aliphatic rings. The number of carbonyl (C=O) groups is 1. The summed E-state index contributed by atoms with van der Waals surface area (Å²) in [6.07, 6.45) is 2.91. The summed E-state index contributed by atoms with van der Waals surface area (Å²) in [5.74, 6) is 0.775. The van der Waals surface area contributed by atoms with E-state index in [-0.39, 0.29) is 18.3 Å². The van der Waals surface area contributed by atoms with E-state index in [0.29, 0.717) is 12.3 Å². The van der Waals surface area contributed by atoms with E-state index in [9.17, 15) is 4.79 Å². The van der Waals surface area contributed by atoms with Crippen molar-refractivity contribution in [2.24, 2.45) is 5.92 Å². The Bertz CT molecular complexity index is 399. The molecule has 19 heavy (non-hydrogen) atoms. The first kappa shape index (κ1) is 16.0. The maximum Gasteiger partial charge on any atom is 0.226 e. The molecule has 0 saturated carbocycles. The zero-order valence-electron chi connectivity index (χ0n) is 11.7. The van der Waals surface area contributed by atoms with Gasteiger partial charge in [0, 0.05) is 19.2 Å². The Morgan fingerprint density at radius 2 is 1.84 bits per heavy atom. The third-order valence-electron chi connectivity index (χ3n) is 3.72. The van der Waals surface area contributed by atoms with Crippen LogP contribution in [0.2, 0.25) is 0 Å². The van der Waals surface area contributed by atoms with Crippen LogP contribution in [0.5, 0.6) is 0 Å². The average Bonchev–Trinajstić information content (AvgIpc) is 2.40. The van der Waals surface area contributed by atoms with Crippen LogP contribution < -0.4 is 10.2 Å². The van der Waals surface area contributed by atoms with Crippen LogP contribution in [0.4, 0.5) is 5.69 Å². The van der Waals surface area contributed by atoms with E-state index in [0.717, 1.165) is 31.6 Å². The third kappa shape index (κ3) is 4.51. The normalized spacial score (nSPS) is 15.7. The second-order valence-corrected chi connectivity index (χ2v) is 5.19. The summed E-state index contributed by atoms with van der Waals surface area (Å²) in [4.78, 5) is 14.0. The van der Waals surface area contributed by atoms with Gasteiger partial charge < -0.3 is 10.2 Å². The first-order valence-electron chi connectivity index (χ1n) is 6.71. The lowest BCUT2D eigenvalue weighted by molar-refractivity contribution is -0.119. The van der Waals surface area contributed by atoms with Crippen LogP contribution in [0.3, 0.4) is 0 Å². The number of aryl methyl sites for hydroxylation is 1. The van der Waals surface area contributed by atoms with Crippen LogP contribution in [0.15, 0.2) is 24.3 Å². The fourth-order valence-corrected chi connectivity index (χ4v) is 2.38. The van der Waals surface area contributed by atoms with Gasteiger partial charge in [0.25, 0.3) is 0 Å². The maximum atomic E-state index is 12.2. The lowest BCUT2D eigenvalue weighted by atomic mass is 9.94. The number of hydrogen-bond acceptors (Lipinski definition) is 2. The second kappa shape index (κ2) is 7.51. The summed E-state index contributed by atoms with van der Waals surface area (Å²) in [5, 5.41) is 3.33. The van der Waals surface area contributed by atoms with E-state index >= 15 is 0 Å². The molecule has 1 aromatic carbocycles. The monoisotopic (exact) mass is 282 g/mol. The summed E-state index contributed by atoms with van der Waals surface area (Å²) in [6.45, 7) is 4.15. The van der Waals surface area contributed by atoms with E-state index in [1.54, 1.807) is 4.90 Å². The SMILES string of the molecule is Cc1ccc(N(C)C(=O)CC2CCNCC2)cc1.Cl. The molecule has 0 spiro atoms. The molecule has 0 bridgehead atoms. The van der Waals surface area contributed by atoms with E-state index in [2.05, 4.69) is 12.2 Å². The van der Waals surface area contributed by atoms with Gasteiger partial charge in [0.05, 0.1) is 0 Å². The van der Waals surface area contributed by atoms with Crippen LogP contribution in [-0.2, 0) is 4.79 Å². The van der Waals surface area contributed by atoms with Gasteiger partial charge in [-0.25, -0.2) is 0 Å². The summed E-state index contributed by atoms with van der Waals surface area (Å²) in [7, 11) is 1.87. The van der Waals surface area contributed by atoms with Gasteiger partial charge in [0.15, 0.2) is 0 Å². The minimum absolute atomic E-state index is 0. The molecule has 0 aliphatic carbocycles. The quantitative estimate of drug-likeness (QED) is 0.925. The van der Waals surface area contributed by atoms with Crippen molar-refractivity contribution in [1.82, 2.24) is 5.32 Å². The van der Waals surface area contributed by atoms with Crippen molar-refractivity contribution in [3.05, 3.63) is 29.8 Å². The number of amides is 1. The highest BCUT2D eigenvalue weighted by atomic mass is 35.5. The van der Waals surface area contributed by atoms with Crippen molar-refractivity contribution in [1.29, 1.82) is 0 Å². The summed E-state index contributed by atoms with van der Waals surface area (Å²) >= 11 is 0. The molecule has 106 valence electrons. The minimum Gasteiger partial charge on any atom is -0.317 e. The van der Waals surface area contributed by atoms with Gasteiger partial charge in [-0.3, -0.25) is 4.79 Å². The Hall–Kier alpha value is -1.06. The Balaban J connectivity index is 0.00000180. The molecule has 1 aromatic rings. The van der Waals surface area contributed by atoms with Crippen molar-refractivity contribution in [3.63, 3.8) is 0 Å². The number of hydrogen-bond donors (Lipinski definition) is 1. The smallest absolute Gasteiger partial charge is 0.226 e. The van der Waals surface area contributed by atoms with Gasteiger partial charge in [-0.15, -0.1) is 12.4 Å². The van der Waals surface area contributed by atoms with Crippen LogP contribution in [0.1, 0.15) is 24.8 Å². The maximum absolute atomic E-state index is 12.2. The molecule has 1 fully saturated rings. The van der Waals surface area contributed by atoms with Crippen LogP contribution >= 0.6 is 12.4 Å². The number of carbonyl (C=O) groups excluding carboxylic acids is 1. The number of benzene rings is 1. The highest BCUT2D eigenvalue weighted by Crippen LogP contribution is 2.20. The highest BCUT2D eigenvalue weighted by Gasteiger charge is 2.19. The molecule has 1 saturated heterocycles. The second-order valence-electron chi connectivity index (χ2n) is 5.19. The Morgan fingerprint density at radius 3 is 2.42 bits per heavy atom. The van der Waals surface area contributed by atoms with Crippen molar-refractivity contribution in [2.75, 3.05) is 25.0 Å². The van der Waals surface area contributed by atoms with Crippen molar-refractivity contribution in [3.8, 4) is 0 Å². The van der Waals surface area contributed by atoms with Crippen molar-refractivity contribution in [2.45, 2.75) is 26.2 Å². The van der Waals surface area contributed by atoms with Crippen molar-refractivity contribution >= 4 is 24.0 Å². The number of halogens is 1. The van der Waals surface area contributed by atoms with E-state index in [1.807, 2.05) is 31.3 Å². The molecule has 0 unspecified atom stereocenters. The van der Waals surface area contributed by atoms with Gasteiger partial charge in [0.2, 0.25) is 5.91 Å². The first-order valence-corrected chi connectivity index (χ1v) is 6.71. The average molecular weight is 283 g/mol. The van der Waals surface area contributed by atoms with E-state index in [1.165, 1.54) is 5.56 Å².